The number of pyridine rings is 1. The third kappa shape index (κ3) is 5.75. The Hall–Kier alpha value is -4.71. The van der Waals surface area contributed by atoms with Crippen molar-refractivity contribution < 1.29 is 9.13 Å². The molecule has 0 amide bonds. The highest BCUT2D eigenvalue weighted by Gasteiger charge is 2.31. The molecule has 1 aliphatic carbocycles. The average molecular weight is 627 g/mol. The van der Waals surface area contributed by atoms with E-state index in [1.165, 1.54) is 47.3 Å². The van der Waals surface area contributed by atoms with Crippen LogP contribution in [0.5, 0.6) is 11.5 Å². The number of nitrogens with zero attached hydrogens (tertiary/aromatic N) is 4. The van der Waals surface area contributed by atoms with Gasteiger partial charge in [0, 0.05) is 52.3 Å². The van der Waals surface area contributed by atoms with Crippen LogP contribution in [0.15, 0.2) is 90.6 Å². The molecule has 47 heavy (non-hydrogen) atoms. The van der Waals surface area contributed by atoms with E-state index in [0.717, 1.165) is 70.9 Å². The van der Waals surface area contributed by atoms with Gasteiger partial charge in [-0.2, -0.15) is 5.10 Å². The van der Waals surface area contributed by atoms with Gasteiger partial charge in [0.25, 0.3) is 0 Å². The molecule has 1 unspecified atom stereocenters. The number of para-hydroxylation sites is 1. The topological polar surface area (TPSA) is 44.9 Å². The molecule has 3 aromatic heterocycles. The first-order valence-electron chi connectivity index (χ1n) is 17.1. The van der Waals surface area contributed by atoms with Crippen LogP contribution in [-0.2, 0) is 12.8 Å². The summed E-state index contributed by atoms with van der Waals surface area (Å²) in [5.74, 6) is 2.67. The van der Waals surface area contributed by atoms with E-state index >= 15 is 0 Å². The summed E-state index contributed by atoms with van der Waals surface area (Å²) in [5.41, 5.74) is 9.49. The Morgan fingerprint density at radius 2 is 1.68 bits per heavy atom. The number of rotatable bonds is 9. The third-order valence-electron chi connectivity index (χ3n) is 9.63. The van der Waals surface area contributed by atoms with Crippen LogP contribution in [0, 0.1) is 18.7 Å². The Bertz CT molecular complexity index is 2120. The van der Waals surface area contributed by atoms with Crippen molar-refractivity contribution in [1.82, 2.24) is 19.3 Å². The second-order valence-corrected chi connectivity index (χ2v) is 13.2. The minimum Gasteiger partial charge on any atom is -0.457 e. The molecule has 0 bridgehead atoms. The molecule has 0 aliphatic heterocycles. The molecule has 2 atom stereocenters. The Balaban J connectivity index is 1.32. The van der Waals surface area contributed by atoms with Crippen molar-refractivity contribution in [3.63, 3.8) is 0 Å². The van der Waals surface area contributed by atoms with Gasteiger partial charge in [-0.1, -0.05) is 63.5 Å². The number of halogens is 1. The molecule has 0 fully saturated rings. The monoisotopic (exact) mass is 626 g/mol. The molecule has 1 aliphatic rings. The van der Waals surface area contributed by atoms with Gasteiger partial charge in [-0.15, -0.1) is 0 Å². The highest BCUT2D eigenvalue weighted by Crippen LogP contribution is 2.43. The van der Waals surface area contributed by atoms with E-state index < -0.39 is 0 Å². The van der Waals surface area contributed by atoms with Gasteiger partial charge in [-0.25, -0.2) is 14.1 Å². The van der Waals surface area contributed by atoms with E-state index in [2.05, 4.69) is 80.7 Å². The predicted octanol–water partition coefficient (Wildman–Crippen LogP) is 11.0. The Kier molecular flexibility index (Phi) is 8.44. The van der Waals surface area contributed by atoms with E-state index in [4.69, 9.17) is 9.84 Å². The Morgan fingerprint density at radius 3 is 2.47 bits per heavy atom. The van der Waals surface area contributed by atoms with Crippen LogP contribution in [-0.4, -0.2) is 19.3 Å². The van der Waals surface area contributed by atoms with E-state index in [0.29, 0.717) is 23.4 Å². The van der Waals surface area contributed by atoms with Crippen LogP contribution in [0.3, 0.4) is 0 Å². The summed E-state index contributed by atoms with van der Waals surface area (Å²) in [6, 6.07) is 23.5. The molecule has 0 saturated heterocycles. The van der Waals surface area contributed by atoms with E-state index in [9.17, 15) is 4.39 Å². The summed E-state index contributed by atoms with van der Waals surface area (Å²) in [5, 5.41) is 7.47. The van der Waals surface area contributed by atoms with Crippen molar-refractivity contribution >= 4 is 21.8 Å². The summed E-state index contributed by atoms with van der Waals surface area (Å²) in [4.78, 5) is 4.51. The van der Waals surface area contributed by atoms with Gasteiger partial charge >= 0.3 is 0 Å². The van der Waals surface area contributed by atoms with Gasteiger partial charge in [0.2, 0.25) is 0 Å². The standard InChI is InChI=1S/C41H43FN4O/c1-6-11-35-41(40-27(4)13-10-14-28(40)5)37(12-7-2)46(44-35)30-21-26(3)22-32(24-30)47-31-17-18-34-33-15-8-9-16-36(33)45(38(34)25-31)39-23-29(42)19-20-43-39/h8-9,13,15-25,28,40H,6-7,10-12,14H2,1-5H3/t28-,40?/m0/s1. The largest absolute Gasteiger partial charge is 0.457 e. The number of hydrogen-bond donors (Lipinski definition) is 0. The minimum absolute atomic E-state index is 0.323. The second-order valence-electron chi connectivity index (χ2n) is 13.2. The van der Waals surface area contributed by atoms with E-state index in [1.807, 2.05) is 34.9 Å². The first-order chi connectivity index (χ1) is 22.9. The molecule has 3 heterocycles. The van der Waals surface area contributed by atoms with Crippen molar-refractivity contribution in [3.8, 4) is 23.0 Å². The first kappa shape index (κ1) is 30.9. The zero-order chi connectivity index (χ0) is 32.7. The van der Waals surface area contributed by atoms with Crippen molar-refractivity contribution in [2.45, 2.75) is 79.1 Å². The second kappa shape index (κ2) is 12.8. The summed E-state index contributed by atoms with van der Waals surface area (Å²) in [6.45, 7) is 11.3. The lowest BCUT2D eigenvalue weighted by Gasteiger charge is -2.30. The Labute approximate surface area is 276 Å². The highest BCUT2D eigenvalue weighted by molar-refractivity contribution is 6.09. The normalized spacial score (nSPS) is 16.6. The summed E-state index contributed by atoms with van der Waals surface area (Å²) < 4.78 is 25.2. The van der Waals surface area contributed by atoms with Gasteiger partial charge in [-0.05, 0) is 87.4 Å². The number of hydrogen-bond acceptors (Lipinski definition) is 3. The number of benzene rings is 3. The molecule has 240 valence electrons. The fraction of sp³-hybridized carbons (Fsp3) is 0.317. The molecule has 6 heteroatoms. The average Bonchev–Trinajstić information content (AvgIpc) is 3.56. The van der Waals surface area contributed by atoms with E-state index in [1.54, 1.807) is 0 Å². The molecule has 3 aromatic carbocycles. The zero-order valence-electron chi connectivity index (χ0n) is 28.1. The fourth-order valence-corrected chi connectivity index (χ4v) is 7.64. The number of aromatic nitrogens is 4. The fourth-order valence-electron chi connectivity index (χ4n) is 7.64. The van der Waals surface area contributed by atoms with Crippen LogP contribution < -0.4 is 4.74 Å². The summed E-state index contributed by atoms with van der Waals surface area (Å²) in [7, 11) is 0. The van der Waals surface area contributed by atoms with Gasteiger partial charge in [0.05, 0.1) is 22.4 Å². The van der Waals surface area contributed by atoms with Crippen molar-refractivity contribution in [3.05, 3.63) is 119 Å². The summed E-state index contributed by atoms with van der Waals surface area (Å²) >= 11 is 0. The number of fused-ring (bicyclic) bond motifs is 3. The van der Waals surface area contributed by atoms with Crippen LogP contribution in [0.1, 0.15) is 81.8 Å². The maximum absolute atomic E-state index is 14.3. The SMILES string of the molecule is CCCc1nn(-c2cc(C)cc(Oc3ccc4c5ccccc5n(-c5cc(F)ccn5)c4c3)c2)c(CCC)c1C1C(C)=CCC[C@@H]1C. The molecule has 6 aromatic rings. The number of ether oxygens (including phenoxy) is 1. The molecule has 0 radical (unpaired) electrons. The van der Waals surface area contributed by atoms with Gasteiger partial charge < -0.3 is 4.74 Å². The molecule has 7 rings (SSSR count). The lowest BCUT2D eigenvalue weighted by atomic mass is 9.74. The van der Waals surface area contributed by atoms with Crippen molar-refractivity contribution in [2.75, 3.05) is 0 Å². The Morgan fingerprint density at radius 1 is 0.872 bits per heavy atom. The molecule has 0 saturated carbocycles. The number of aryl methyl sites for hydroxylation is 2. The lowest BCUT2D eigenvalue weighted by Crippen LogP contribution is -2.18. The van der Waals surface area contributed by atoms with E-state index in [-0.39, 0.29) is 5.82 Å². The number of allylic oxidation sites excluding steroid dienone is 2. The smallest absolute Gasteiger partial charge is 0.140 e. The van der Waals surface area contributed by atoms with Crippen molar-refractivity contribution in [2.24, 2.45) is 5.92 Å². The maximum Gasteiger partial charge on any atom is 0.140 e. The molecule has 0 N–H and O–H groups in total. The van der Waals surface area contributed by atoms with Gasteiger partial charge in [-0.3, -0.25) is 4.57 Å². The molecular formula is C41H43FN4O. The molecule has 0 spiro atoms. The lowest BCUT2D eigenvalue weighted by molar-refractivity contribution is 0.445. The summed E-state index contributed by atoms with van der Waals surface area (Å²) in [6.07, 6.45) is 10.4. The maximum atomic E-state index is 14.3. The predicted molar refractivity (Wildman–Crippen MR) is 190 cm³/mol. The van der Waals surface area contributed by atoms with Crippen molar-refractivity contribution in [1.29, 1.82) is 0 Å². The molecular weight excluding hydrogens is 583 g/mol. The van der Waals surface area contributed by atoms with Gasteiger partial charge in [0.15, 0.2) is 0 Å². The van der Waals surface area contributed by atoms with Gasteiger partial charge in [0.1, 0.15) is 23.1 Å². The van der Waals surface area contributed by atoms with Crippen LogP contribution in [0.4, 0.5) is 4.39 Å². The van der Waals surface area contributed by atoms with Crippen LogP contribution in [0.25, 0.3) is 33.3 Å². The minimum atomic E-state index is -0.323. The zero-order valence-corrected chi connectivity index (χ0v) is 28.1. The van der Waals surface area contributed by atoms with Crippen LogP contribution >= 0.6 is 0 Å². The first-order valence-corrected chi connectivity index (χ1v) is 17.1. The third-order valence-corrected chi connectivity index (χ3v) is 9.63. The van der Waals surface area contributed by atoms with Crippen LogP contribution in [0.2, 0.25) is 0 Å². The quantitative estimate of drug-likeness (QED) is 0.150. The highest BCUT2D eigenvalue weighted by atomic mass is 19.1. The molecule has 5 nitrogen and oxygen atoms in total.